The van der Waals surface area contributed by atoms with Crippen molar-refractivity contribution in [1.29, 1.82) is 0 Å². The first-order valence-corrected chi connectivity index (χ1v) is 5.42. The first kappa shape index (κ1) is 11.7. The van der Waals surface area contributed by atoms with Gasteiger partial charge in [-0.15, -0.1) is 0 Å². The van der Waals surface area contributed by atoms with Crippen molar-refractivity contribution in [3.05, 3.63) is 16.4 Å². The van der Waals surface area contributed by atoms with Gasteiger partial charge in [-0.1, -0.05) is 0 Å². The van der Waals surface area contributed by atoms with Gasteiger partial charge in [-0.05, 0) is 29.9 Å². The Hall–Kier alpha value is -0.390. The average Bonchev–Trinajstić information content (AvgIpc) is 2.48. The highest BCUT2D eigenvalue weighted by Crippen LogP contribution is 2.17. The Bertz CT molecular complexity index is 278. The maximum absolute atomic E-state index is 5.60. The van der Waals surface area contributed by atoms with Crippen LogP contribution in [0, 0.1) is 0 Å². The number of hydrogen-bond acceptors (Lipinski definition) is 3. The fourth-order valence-corrected chi connectivity index (χ4v) is 1.66. The van der Waals surface area contributed by atoms with Crippen molar-refractivity contribution in [2.24, 2.45) is 12.8 Å². The van der Waals surface area contributed by atoms with Crippen molar-refractivity contribution in [1.82, 2.24) is 14.7 Å². The highest BCUT2D eigenvalue weighted by atomic mass is 79.9. The minimum Gasteiger partial charge on any atom is -0.329 e. The molecule has 0 aliphatic heterocycles. The topological polar surface area (TPSA) is 47.1 Å². The summed E-state index contributed by atoms with van der Waals surface area (Å²) < 4.78 is 2.93. The molecule has 1 unspecified atom stereocenters. The zero-order chi connectivity index (χ0) is 10.7. The molecule has 1 aromatic rings. The van der Waals surface area contributed by atoms with E-state index in [2.05, 4.69) is 39.9 Å². The predicted molar refractivity (Wildman–Crippen MR) is 60.9 cm³/mol. The molecule has 0 aliphatic rings. The van der Waals surface area contributed by atoms with E-state index in [1.54, 1.807) is 0 Å². The molecule has 5 heteroatoms. The van der Waals surface area contributed by atoms with Crippen LogP contribution in [0.5, 0.6) is 0 Å². The standard InChI is InChI=1S/C9H17BrN4/c1-7(4-11)13(2)6-9-8(10)5-12-14(9)3/h5,7H,4,6,11H2,1-3H3. The number of likely N-dealkylation sites (N-methyl/N-ethyl adjacent to an activating group) is 1. The summed E-state index contributed by atoms with van der Waals surface area (Å²) in [7, 11) is 4.01. The molecule has 0 aliphatic carbocycles. The van der Waals surface area contributed by atoms with E-state index in [1.165, 1.54) is 5.69 Å². The number of nitrogens with zero attached hydrogens (tertiary/aromatic N) is 3. The van der Waals surface area contributed by atoms with Crippen LogP contribution in [0.4, 0.5) is 0 Å². The normalized spacial score (nSPS) is 13.6. The van der Waals surface area contributed by atoms with Crippen LogP contribution < -0.4 is 5.73 Å². The van der Waals surface area contributed by atoms with Gasteiger partial charge in [0, 0.05) is 26.2 Å². The van der Waals surface area contributed by atoms with Gasteiger partial charge in [0.1, 0.15) is 0 Å². The monoisotopic (exact) mass is 260 g/mol. The van der Waals surface area contributed by atoms with Crippen molar-refractivity contribution >= 4 is 15.9 Å². The lowest BCUT2D eigenvalue weighted by molar-refractivity contribution is 0.248. The van der Waals surface area contributed by atoms with E-state index in [4.69, 9.17) is 5.73 Å². The van der Waals surface area contributed by atoms with Crippen LogP contribution in [0.3, 0.4) is 0 Å². The summed E-state index contributed by atoms with van der Waals surface area (Å²) in [6.07, 6.45) is 1.82. The van der Waals surface area contributed by atoms with E-state index in [0.29, 0.717) is 12.6 Å². The molecule has 1 heterocycles. The Balaban J connectivity index is 2.68. The van der Waals surface area contributed by atoms with Gasteiger partial charge in [0.15, 0.2) is 0 Å². The lowest BCUT2D eigenvalue weighted by Gasteiger charge is -2.23. The van der Waals surface area contributed by atoms with E-state index < -0.39 is 0 Å². The van der Waals surface area contributed by atoms with Crippen LogP contribution in [0.15, 0.2) is 10.7 Å². The molecule has 0 aromatic carbocycles. The smallest absolute Gasteiger partial charge is 0.0663 e. The Labute approximate surface area is 93.2 Å². The first-order valence-electron chi connectivity index (χ1n) is 4.63. The lowest BCUT2D eigenvalue weighted by atomic mass is 10.3. The second-order valence-corrected chi connectivity index (χ2v) is 4.42. The zero-order valence-corrected chi connectivity index (χ0v) is 10.5. The molecule has 0 bridgehead atoms. The van der Waals surface area contributed by atoms with Crippen molar-refractivity contribution in [3.8, 4) is 0 Å². The Kier molecular flexibility index (Phi) is 4.10. The van der Waals surface area contributed by atoms with E-state index in [0.717, 1.165) is 11.0 Å². The molecule has 0 fully saturated rings. The number of hydrogen-bond donors (Lipinski definition) is 1. The summed E-state index contributed by atoms with van der Waals surface area (Å²) >= 11 is 3.48. The van der Waals surface area contributed by atoms with Gasteiger partial charge in [0.05, 0.1) is 16.4 Å². The molecule has 0 amide bonds. The largest absolute Gasteiger partial charge is 0.329 e. The minimum atomic E-state index is 0.386. The predicted octanol–water partition coefficient (Wildman–Crippen LogP) is 0.962. The molecule has 14 heavy (non-hydrogen) atoms. The van der Waals surface area contributed by atoms with Crippen molar-refractivity contribution < 1.29 is 0 Å². The van der Waals surface area contributed by atoms with Crippen LogP contribution in [0.25, 0.3) is 0 Å². The quantitative estimate of drug-likeness (QED) is 0.878. The van der Waals surface area contributed by atoms with Gasteiger partial charge in [-0.2, -0.15) is 5.10 Å². The molecule has 2 N–H and O–H groups in total. The van der Waals surface area contributed by atoms with Gasteiger partial charge in [-0.25, -0.2) is 0 Å². The van der Waals surface area contributed by atoms with E-state index in [-0.39, 0.29) is 0 Å². The summed E-state index contributed by atoms with van der Waals surface area (Å²) in [6, 6.07) is 0.386. The van der Waals surface area contributed by atoms with Crippen LogP contribution >= 0.6 is 15.9 Å². The third-order valence-corrected chi connectivity index (χ3v) is 3.17. The maximum Gasteiger partial charge on any atom is 0.0663 e. The zero-order valence-electron chi connectivity index (χ0n) is 8.87. The van der Waals surface area contributed by atoms with Crippen LogP contribution in [-0.4, -0.2) is 34.3 Å². The van der Waals surface area contributed by atoms with Crippen LogP contribution in [0.1, 0.15) is 12.6 Å². The van der Waals surface area contributed by atoms with Crippen molar-refractivity contribution in [2.75, 3.05) is 13.6 Å². The summed E-state index contributed by atoms with van der Waals surface area (Å²) in [5.41, 5.74) is 6.78. The molecule has 1 rings (SSSR count). The van der Waals surface area contributed by atoms with Crippen LogP contribution in [-0.2, 0) is 13.6 Å². The third kappa shape index (κ3) is 2.56. The minimum absolute atomic E-state index is 0.386. The molecular formula is C9H17BrN4. The number of halogens is 1. The second kappa shape index (κ2) is 4.91. The summed E-state index contributed by atoms with van der Waals surface area (Å²) in [5, 5.41) is 4.17. The molecule has 1 atom stereocenters. The van der Waals surface area contributed by atoms with Gasteiger partial charge in [0.25, 0.3) is 0 Å². The molecule has 0 radical (unpaired) electrons. The fourth-order valence-electron chi connectivity index (χ4n) is 1.19. The third-order valence-electron chi connectivity index (χ3n) is 2.50. The molecule has 0 saturated heterocycles. The Morgan fingerprint density at radius 2 is 2.36 bits per heavy atom. The first-order chi connectivity index (χ1) is 6.56. The molecule has 4 nitrogen and oxygen atoms in total. The maximum atomic E-state index is 5.60. The molecule has 80 valence electrons. The van der Waals surface area contributed by atoms with E-state index >= 15 is 0 Å². The number of nitrogens with two attached hydrogens (primary N) is 1. The SMILES string of the molecule is CC(CN)N(C)Cc1c(Br)cnn1C. The van der Waals surface area contributed by atoms with Crippen molar-refractivity contribution in [3.63, 3.8) is 0 Å². The van der Waals surface area contributed by atoms with E-state index in [1.807, 2.05) is 17.9 Å². The van der Waals surface area contributed by atoms with Gasteiger partial charge in [0.2, 0.25) is 0 Å². The number of aromatic nitrogens is 2. The molecule has 0 saturated carbocycles. The van der Waals surface area contributed by atoms with Crippen LogP contribution in [0.2, 0.25) is 0 Å². The average molecular weight is 261 g/mol. The second-order valence-electron chi connectivity index (χ2n) is 3.56. The van der Waals surface area contributed by atoms with Gasteiger partial charge < -0.3 is 5.73 Å². The highest BCUT2D eigenvalue weighted by molar-refractivity contribution is 9.10. The number of rotatable bonds is 4. The van der Waals surface area contributed by atoms with Crippen molar-refractivity contribution in [2.45, 2.75) is 19.5 Å². The highest BCUT2D eigenvalue weighted by Gasteiger charge is 2.12. The van der Waals surface area contributed by atoms with Gasteiger partial charge >= 0.3 is 0 Å². The summed E-state index contributed by atoms with van der Waals surface area (Å²) in [4.78, 5) is 2.21. The summed E-state index contributed by atoms with van der Waals surface area (Å²) in [6.45, 7) is 3.64. The van der Waals surface area contributed by atoms with Gasteiger partial charge in [-0.3, -0.25) is 9.58 Å². The fraction of sp³-hybridized carbons (Fsp3) is 0.667. The molecule has 1 aromatic heterocycles. The number of aryl methyl sites for hydroxylation is 1. The molecular weight excluding hydrogens is 244 g/mol. The molecule has 0 spiro atoms. The van der Waals surface area contributed by atoms with E-state index in [9.17, 15) is 0 Å². The Morgan fingerprint density at radius 1 is 1.71 bits per heavy atom. The lowest BCUT2D eigenvalue weighted by Crippen LogP contribution is -2.35. The summed E-state index contributed by atoms with van der Waals surface area (Å²) in [5.74, 6) is 0. The Morgan fingerprint density at radius 3 is 2.79 bits per heavy atom.